The molecule has 4 rings (SSSR count). The van der Waals surface area contributed by atoms with Gasteiger partial charge >= 0.3 is 0 Å². The Bertz CT molecular complexity index is 1190. The monoisotopic (exact) mass is 582 g/mol. The van der Waals surface area contributed by atoms with E-state index in [0.717, 1.165) is 54.8 Å². The Morgan fingerprint density at radius 1 is 1.05 bits per heavy atom. The van der Waals surface area contributed by atoms with Crippen LogP contribution in [0, 0.1) is 11.3 Å². The number of anilines is 2. The van der Waals surface area contributed by atoms with Crippen LogP contribution in [-0.2, 0) is 14.4 Å². The van der Waals surface area contributed by atoms with Crippen molar-refractivity contribution >= 4 is 39.2 Å². The number of hydrogen-bond acceptors (Lipinski definition) is 7. The Kier molecular flexibility index (Phi) is 10.4. The van der Waals surface area contributed by atoms with Gasteiger partial charge in [-0.3, -0.25) is 14.4 Å². The molecule has 2 unspecified atom stereocenters. The van der Waals surface area contributed by atoms with Gasteiger partial charge in [0.2, 0.25) is 17.7 Å². The van der Waals surface area contributed by atoms with Gasteiger partial charge < -0.3 is 26.2 Å². The topological polar surface area (TPSA) is 115 Å². The molecule has 2 aromatic rings. The second kappa shape index (κ2) is 13.8. The van der Waals surface area contributed by atoms with E-state index >= 15 is 0 Å². The van der Waals surface area contributed by atoms with Crippen LogP contribution >= 0.6 is 11.3 Å². The van der Waals surface area contributed by atoms with Gasteiger partial charge in [0.15, 0.2) is 5.13 Å². The van der Waals surface area contributed by atoms with Gasteiger partial charge in [-0.1, -0.05) is 81.7 Å². The summed E-state index contributed by atoms with van der Waals surface area (Å²) in [6.07, 6.45) is 7.13. The minimum atomic E-state index is -0.536. The third-order valence-electron chi connectivity index (χ3n) is 8.25. The predicted octanol–water partition coefficient (Wildman–Crippen LogP) is 4.87. The van der Waals surface area contributed by atoms with E-state index in [0.29, 0.717) is 18.2 Å². The average molecular weight is 583 g/mol. The Labute approximate surface area is 248 Å². The maximum Gasteiger partial charge on any atom is 0.245 e. The number of nitrogens with zero attached hydrogens (tertiary/aromatic N) is 2. The van der Waals surface area contributed by atoms with Gasteiger partial charge in [0.1, 0.15) is 16.7 Å². The first-order valence-corrected chi connectivity index (χ1v) is 15.8. The lowest BCUT2D eigenvalue weighted by Crippen LogP contribution is -2.57. The third-order valence-corrected chi connectivity index (χ3v) is 9.17. The molecule has 41 heavy (non-hydrogen) atoms. The lowest BCUT2D eigenvalue weighted by molar-refractivity contribution is -0.139. The molecule has 3 atom stereocenters. The Hall–Kier alpha value is -2.98. The van der Waals surface area contributed by atoms with E-state index in [1.807, 2.05) is 62.9 Å². The number of thiazole rings is 1. The van der Waals surface area contributed by atoms with Crippen LogP contribution in [0.1, 0.15) is 72.6 Å². The van der Waals surface area contributed by atoms with Crippen molar-refractivity contribution in [2.24, 2.45) is 11.3 Å². The second-order valence-electron chi connectivity index (χ2n) is 12.4. The predicted molar refractivity (Wildman–Crippen MR) is 166 cm³/mol. The molecule has 2 aliphatic rings. The molecular weight excluding hydrogens is 536 g/mol. The van der Waals surface area contributed by atoms with Crippen LogP contribution in [0.4, 0.5) is 10.1 Å². The molecule has 4 N–H and O–H groups in total. The Morgan fingerprint density at radius 2 is 1.76 bits per heavy atom. The number of nitrogens with one attached hydrogen (secondary N) is 4. The fraction of sp³-hybridized carbons (Fsp3) is 0.613. The highest BCUT2D eigenvalue weighted by molar-refractivity contribution is 7.20. The number of hydrogen-bond donors (Lipinski definition) is 4. The number of rotatable bonds is 10. The molecule has 0 bridgehead atoms. The Morgan fingerprint density at radius 3 is 2.41 bits per heavy atom. The molecule has 0 radical (unpaired) electrons. The van der Waals surface area contributed by atoms with Gasteiger partial charge in [-0.05, 0) is 45.6 Å². The zero-order valence-electron chi connectivity index (χ0n) is 25.1. The second-order valence-corrected chi connectivity index (χ2v) is 13.4. The summed E-state index contributed by atoms with van der Waals surface area (Å²) < 4.78 is 0. The number of aromatic nitrogens is 1. The van der Waals surface area contributed by atoms with Crippen LogP contribution in [0.3, 0.4) is 0 Å². The maximum absolute atomic E-state index is 14.0. The SMILES string of the molecule is CN[C@@H](C)C(=O)NC(C(=O)N1CCCC1CNc1sc(NC(=O)C(C)(C)C)nc1-c1ccccc1)C1CCCCC1. The summed E-state index contributed by atoms with van der Waals surface area (Å²) >= 11 is 1.41. The number of amides is 3. The fourth-order valence-electron chi connectivity index (χ4n) is 5.56. The van der Waals surface area contributed by atoms with Crippen molar-refractivity contribution in [3.8, 4) is 11.3 Å². The highest BCUT2D eigenvalue weighted by atomic mass is 32.1. The molecule has 9 nitrogen and oxygen atoms in total. The van der Waals surface area contributed by atoms with Crippen LogP contribution in [0.2, 0.25) is 0 Å². The van der Waals surface area contributed by atoms with E-state index in [9.17, 15) is 14.4 Å². The minimum Gasteiger partial charge on any atom is -0.373 e. The molecule has 1 saturated heterocycles. The van der Waals surface area contributed by atoms with E-state index in [-0.39, 0.29) is 35.7 Å². The van der Waals surface area contributed by atoms with Gasteiger partial charge in [0.05, 0.1) is 6.04 Å². The van der Waals surface area contributed by atoms with Crippen LogP contribution in [0.15, 0.2) is 30.3 Å². The van der Waals surface area contributed by atoms with Crippen LogP contribution in [0.5, 0.6) is 0 Å². The molecule has 1 aliphatic heterocycles. The molecule has 10 heteroatoms. The fourth-order valence-corrected chi connectivity index (χ4v) is 6.44. The molecule has 3 amide bonds. The summed E-state index contributed by atoms with van der Waals surface area (Å²) in [6.45, 7) is 8.70. The van der Waals surface area contributed by atoms with Gasteiger partial charge in [-0.2, -0.15) is 0 Å². The Balaban J connectivity index is 1.51. The molecule has 0 spiro atoms. The van der Waals surface area contributed by atoms with Crippen molar-refractivity contribution in [2.45, 2.75) is 90.8 Å². The van der Waals surface area contributed by atoms with Gasteiger partial charge in [-0.25, -0.2) is 4.98 Å². The summed E-state index contributed by atoms with van der Waals surface area (Å²) in [5.74, 6) is -0.0251. The molecule has 1 aromatic heterocycles. The summed E-state index contributed by atoms with van der Waals surface area (Å²) in [7, 11) is 1.76. The summed E-state index contributed by atoms with van der Waals surface area (Å²) in [6, 6.07) is 9.06. The lowest BCUT2D eigenvalue weighted by atomic mass is 9.83. The molecule has 1 aromatic carbocycles. The smallest absolute Gasteiger partial charge is 0.245 e. The molecule has 2 fully saturated rings. The summed E-state index contributed by atoms with van der Waals surface area (Å²) in [5, 5.41) is 14.0. The minimum absolute atomic E-state index is 0.00514. The average Bonchev–Trinajstić information content (AvgIpc) is 3.61. The number of likely N-dealkylation sites (N-methyl/N-ethyl adjacent to an activating group) is 1. The largest absolute Gasteiger partial charge is 0.373 e. The number of benzene rings is 1. The van der Waals surface area contributed by atoms with E-state index in [1.165, 1.54) is 17.8 Å². The van der Waals surface area contributed by atoms with Crippen molar-refractivity contribution in [3.05, 3.63) is 30.3 Å². The third kappa shape index (κ3) is 7.86. The standard InChI is InChI=1S/C31H46N6O3S/c1-20(32-5)26(38)34-25(22-15-10-7-11-16-22)28(39)37-18-12-17-23(37)19-33-27-24(21-13-8-6-9-14-21)35-30(41-27)36-29(40)31(2,3)4/h6,8-9,13-14,20,22-23,25,32-33H,7,10-12,15-19H2,1-5H3,(H,34,38)(H,35,36,40)/t20-,23?,25?/m0/s1. The van der Waals surface area contributed by atoms with Gasteiger partial charge in [0, 0.05) is 30.1 Å². The van der Waals surface area contributed by atoms with Crippen molar-refractivity contribution in [2.75, 3.05) is 30.8 Å². The van der Waals surface area contributed by atoms with Crippen LogP contribution in [0.25, 0.3) is 11.3 Å². The highest BCUT2D eigenvalue weighted by Crippen LogP contribution is 2.37. The van der Waals surface area contributed by atoms with Crippen molar-refractivity contribution in [3.63, 3.8) is 0 Å². The number of carbonyl (C=O) groups excluding carboxylic acids is 3. The lowest BCUT2D eigenvalue weighted by Gasteiger charge is -2.35. The highest BCUT2D eigenvalue weighted by Gasteiger charge is 2.38. The first-order valence-electron chi connectivity index (χ1n) is 15.0. The summed E-state index contributed by atoms with van der Waals surface area (Å²) in [4.78, 5) is 46.3. The normalized spacial score (nSPS) is 19.4. The van der Waals surface area contributed by atoms with E-state index in [4.69, 9.17) is 4.98 Å². The zero-order chi connectivity index (χ0) is 29.6. The summed E-state index contributed by atoms with van der Waals surface area (Å²) in [5.41, 5.74) is 1.20. The number of likely N-dealkylation sites (tertiary alicyclic amines) is 1. The number of carbonyl (C=O) groups is 3. The molecular formula is C31H46N6O3S. The molecule has 1 aliphatic carbocycles. The van der Waals surface area contributed by atoms with E-state index in [2.05, 4.69) is 21.3 Å². The first kappa shape index (κ1) is 31.0. The van der Waals surface area contributed by atoms with Crippen molar-refractivity contribution in [1.29, 1.82) is 0 Å². The van der Waals surface area contributed by atoms with Crippen molar-refractivity contribution < 1.29 is 14.4 Å². The zero-order valence-corrected chi connectivity index (χ0v) is 25.9. The first-order chi connectivity index (χ1) is 19.6. The van der Waals surface area contributed by atoms with E-state index in [1.54, 1.807) is 7.05 Å². The van der Waals surface area contributed by atoms with Gasteiger partial charge in [-0.15, -0.1) is 0 Å². The molecule has 224 valence electrons. The molecule has 1 saturated carbocycles. The van der Waals surface area contributed by atoms with Crippen LogP contribution in [-0.4, -0.2) is 65.9 Å². The maximum atomic E-state index is 14.0. The quantitative estimate of drug-likeness (QED) is 0.318. The van der Waals surface area contributed by atoms with Crippen molar-refractivity contribution in [1.82, 2.24) is 20.5 Å². The van der Waals surface area contributed by atoms with E-state index < -0.39 is 11.5 Å². The van der Waals surface area contributed by atoms with Crippen LogP contribution < -0.4 is 21.3 Å². The van der Waals surface area contributed by atoms with Gasteiger partial charge in [0.25, 0.3) is 0 Å². The molecule has 2 heterocycles.